The molecular formula is C18H21BrFN. The van der Waals surface area contributed by atoms with Gasteiger partial charge in [0.2, 0.25) is 0 Å². The average Bonchev–Trinajstić information content (AvgIpc) is 2.49. The van der Waals surface area contributed by atoms with E-state index in [0.29, 0.717) is 6.42 Å². The van der Waals surface area contributed by atoms with Crippen LogP contribution in [-0.4, -0.2) is 13.1 Å². The quantitative estimate of drug-likeness (QED) is 0.700. The molecule has 1 atom stereocenters. The molecule has 2 aromatic rings. The van der Waals surface area contributed by atoms with Gasteiger partial charge >= 0.3 is 0 Å². The van der Waals surface area contributed by atoms with E-state index in [1.165, 1.54) is 11.6 Å². The molecule has 3 heteroatoms. The van der Waals surface area contributed by atoms with Crippen LogP contribution in [0.25, 0.3) is 0 Å². The molecular weight excluding hydrogens is 329 g/mol. The Hall–Kier alpha value is -1.19. The van der Waals surface area contributed by atoms with Crippen molar-refractivity contribution in [3.8, 4) is 0 Å². The summed E-state index contributed by atoms with van der Waals surface area (Å²) in [6.07, 6.45) is 1.80. The van der Waals surface area contributed by atoms with Gasteiger partial charge in [-0.1, -0.05) is 59.3 Å². The van der Waals surface area contributed by atoms with E-state index in [1.54, 1.807) is 6.07 Å². The summed E-state index contributed by atoms with van der Waals surface area (Å²) in [6, 6.07) is 15.2. The monoisotopic (exact) mass is 349 g/mol. The largest absolute Gasteiger partial charge is 0.316 e. The Morgan fingerprint density at radius 2 is 1.81 bits per heavy atom. The Morgan fingerprint density at radius 1 is 1.10 bits per heavy atom. The molecule has 0 heterocycles. The van der Waals surface area contributed by atoms with Crippen molar-refractivity contribution >= 4 is 15.9 Å². The first kappa shape index (κ1) is 16.2. The summed E-state index contributed by atoms with van der Waals surface area (Å²) in [5.74, 6) is 0.133. The third-order valence-electron chi connectivity index (χ3n) is 3.59. The van der Waals surface area contributed by atoms with E-state index < -0.39 is 0 Å². The SMILES string of the molecule is CCCNCC(Cc1ccccc1F)c1ccccc1Br. The van der Waals surface area contributed by atoms with Crippen molar-refractivity contribution in [3.05, 3.63) is 69.9 Å². The van der Waals surface area contributed by atoms with E-state index in [4.69, 9.17) is 0 Å². The van der Waals surface area contributed by atoms with Crippen LogP contribution in [0, 0.1) is 5.82 Å². The predicted octanol–water partition coefficient (Wildman–Crippen LogP) is 4.91. The molecule has 0 saturated heterocycles. The first-order valence-corrected chi connectivity index (χ1v) is 8.20. The Bertz CT molecular complexity index is 571. The smallest absolute Gasteiger partial charge is 0.126 e. The normalized spacial score (nSPS) is 12.3. The summed E-state index contributed by atoms with van der Waals surface area (Å²) >= 11 is 3.62. The molecule has 21 heavy (non-hydrogen) atoms. The molecule has 112 valence electrons. The molecule has 0 bridgehead atoms. The Kier molecular flexibility index (Phi) is 6.40. The lowest BCUT2D eigenvalue weighted by Gasteiger charge is -2.20. The lowest BCUT2D eigenvalue weighted by Crippen LogP contribution is -2.24. The predicted molar refractivity (Wildman–Crippen MR) is 90.1 cm³/mol. The van der Waals surface area contributed by atoms with Gasteiger partial charge in [0.25, 0.3) is 0 Å². The molecule has 2 aromatic carbocycles. The van der Waals surface area contributed by atoms with Crippen molar-refractivity contribution in [2.24, 2.45) is 0 Å². The van der Waals surface area contributed by atoms with Crippen LogP contribution >= 0.6 is 15.9 Å². The zero-order chi connectivity index (χ0) is 15.1. The van der Waals surface area contributed by atoms with E-state index in [1.807, 2.05) is 30.3 Å². The number of hydrogen-bond donors (Lipinski definition) is 1. The van der Waals surface area contributed by atoms with Crippen molar-refractivity contribution in [3.63, 3.8) is 0 Å². The van der Waals surface area contributed by atoms with Crippen LogP contribution in [0.15, 0.2) is 53.0 Å². The maximum absolute atomic E-state index is 13.9. The fourth-order valence-corrected chi connectivity index (χ4v) is 3.09. The Labute approximate surface area is 134 Å². The summed E-state index contributed by atoms with van der Waals surface area (Å²) in [5.41, 5.74) is 2.00. The Balaban J connectivity index is 2.20. The minimum Gasteiger partial charge on any atom is -0.316 e. The molecule has 1 nitrogen and oxygen atoms in total. The minimum atomic E-state index is -0.120. The molecule has 0 radical (unpaired) electrons. The van der Waals surface area contributed by atoms with Gasteiger partial charge in [0.15, 0.2) is 0 Å². The highest BCUT2D eigenvalue weighted by Gasteiger charge is 2.16. The minimum absolute atomic E-state index is 0.120. The highest BCUT2D eigenvalue weighted by atomic mass is 79.9. The van der Waals surface area contributed by atoms with Gasteiger partial charge in [0.05, 0.1) is 0 Å². The van der Waals surface area contributed by atoms with Gasteiger partial charge in [0.1, 0.15) is 5.82 Å². The molecule has 1 N–H and O–H groups in total. The second-order valence-electron chi connectivity index (χ2n) is 5.22. The van der Waals surface area contributed by atoms with Crippen molar-refractivity contribution in [2.75, 3.05) is 13.1 Å². The van der Waals surface area contributed by atoms with Crippen molar-refractivity contribution in [2.45, 2.75) is 25.7 Å². The van der Waals surface area contributed by atoms with Crippen LogP contribution in [0.4, 0.5) is 4.39 Å². The fraction of sp³-hybridized carbons (Fsp3) is 0.333. The summed E-state index contributed by atoms with van der Waals surface area (Å²) in [5, 5.41) is 3.46. The molecule has 0 aromatic heterocycles. The number of rotatable bonds is 7. The second-order valence-corrected chi connectivity index (χ2v) is 6.07. The van der Waals surface area contributed by atoms with E-state index in [2.05, 4.69) is 34.2 Å². The van der Waals surface area contributed by atoms with Crippen LogP contribution in [0.1, 0.15) is 30.4 Å². The molecule has 2 rings (SSSR count). The number of benzene rings is 2. The number of halogens is 2. The third-order valence-corrected chi connectivity index (χ3v) is 4.31. The van der Waals surface area contributed by atoms with Crippen molar-refractivity contribution in [1.29, 1.82) is 0 Å². The van der Waals surface area contributed by atoms with Crippen molar-refractivity contribution < 1.29 is 4.39 Å². The molecule has 0 amide bonds. The Morgan fingerprint density at radius 3 is 2.52 bits per heavy atom. The van der Waals surface area contributed by atoms with Gasteiger partial charge in [-0.2, -0.15) is 0 Å². The summed E-state index contributed by atoms with van der Waals surface area (Å²) in [4.78, 5) is 0. The topological polar surface area (TPSA) is 12.0 Å². The maximum atomic E-state index is 13.9. The molecule has 0 aliphatic rings. The van der Waals surface area contributed by atoms with Crippen LogP contribution in [0.3, 0.4) is 0 Å². The standard InChI is InChI=1S/C18H21BrFN/c1-2-11-21-13-15(16-8-4-5-9-17(16)19)12-14-7-3-6-10-18(14)20/h3-10,15,21H,2,11-13H2,1H3. The molecule has 0 spiro atoms. The van der Waals surface area contributed by atoms with Gasteiger partial charge < -0.3 is 5.32 Å². The lowest BCUT2D eigenvalue weighted by atomic mass is 9.91. The summed E-state index contributed by atoms with van der Waals surface area (Å²) in [6.45, 7) is 3.99. The van der Waals surface area contributed by atoms with Gasteiger partial charge in [0, 0.05) is 16.9 Å². The average molecular weight is 350 g/mol. The van der Waals surface area contributed by atoms with E-state index >= 15 is 0 Å². The second kappa shape index (κ2) is 8.30. The molecule has 0 aliphatic heterocycles. The summed E-state index contributed by atoms with van der Waals surface area (Å²) in [7, 11) is 0. The number of hydrogen-bond acceptors (Lipinski definition) is 1. The zero-order valence-corrected chi connectivity index (χ0v) is 13.9. The van der Waals surface area contributed by atoms with E-state index in [-0.39, 0.29) is 11.7 Å². The van der Waals surface area contributed by atoms with Crippen LogP contribution in [0.2, 0.25) is 0 Å². The molecule has 0 fully saturated rings. The van der Waals surface area contributed by atoms with Gasteiger partial charge in [-0.3, -0.25) is 0 Å². The van der Waals surface area contributed by atoms with Crippen LogP contribution < -0.4 is 5.32 Å². The highest BCUT2D eigenvalue weighted by Crippen LogP contribution is 2.28. The van der Waals surface area contributed by atoms with E-state index in [9.17, 15) is 4.39 Å². The first-order valence-electron chi connectivity index (χ1n) is 7.41. The fourth-order valence-electron chi connectivity index (χ4n) is 2.48. The third kappa shape index (κ3) is 4.65. The van der Waals surface area contributed by atoms with E-state index in [0.717, 1.165) is 29.5 Å². The highest BCUT2D eigenvalue weighted by molar-refractivity contribution is 9.10. The van der Waals surface area contributed by atoms with Crippen molar-refractivity contribution in [1.82, 2.24) is 5.32 Å². The first-order chi connectivity index (χ1) is 10.2. The summed E-state index contributed by atoms with van der Waals surface area (Å²) < 4.78 is 15.0. The van der Waals surface area contributed by atoms with Crippen LogP contribution in [-0.2, 0) is 6.42 Å². The van der Waals surface area contributed by atoms with Gasteiger partial charge in [-0.15, -0.1) is 0 Å². The zero-order valence-electron chi connectivity index (χ0n) is 12.3. The number of nitrogens with one attached hydrogen (secondary N) is 1. The molecule has 0 saturated carbocycles. The maximum Gasteiger partial charge on any atom is 0.126 e. The van der Waals surface area contributed by atoms with Crippen LogP contribution in [0.5, 0.6) is 0 Å². The van der Waals surface area contributed by atoms with Gasteiger partial charge in [-0.25, -0.2) is 4.39 Å². The lowest BCUT2D eigenvalue weighted by molar-refractivity contribution is 0.552. The van der Waals surface area contributed by atoms with Gasteiger partial charge in [-0.05, 0) is 42.6 Å². The molecule has 1 unspecified atom stereocenters. The molecule has 0 aliphatic carbocycles.